The molecule has 23 heavy (non-hydrogen) atoms. The molecular weight excluding hydrogens is 294 g/mol. The van der Waals surface area contributed by atoms with E-state index in [0.29, 0.717) is 29.4 Å². The molecule has 0 bridgehead atoms. The van der Waals surface area contributed by atoms with Gasteiger partial charge in [-0.1, -0.05) is 33.3 Å². The molecule has 0 unspecified atom stereocenters. The summed E-state index contributed by atoms with van der Waals surface area (Å²) in [6.45, 7) is 8.58. The largest absolute Gasteiger partial charge is 0.493 e. The second-order valence-electron chi connectivity index (χ2n) is 4.39. The van der Waals surface area contributed by atoms with E-state index in [0.717, 1.165) is 12.8 Å². The third kappa shape index (κ3) is 6.63. The van der Waals surface area contributed by atoms with Crippen LogP contribution in [0.1, 0.15) is 50.9 Å². The molecule has 5 nitrogen and oxygen atoms in total. The van der Waals surface area contributed by atoms with Crippen molar-refractivity contribution in [2.24, 2.45) is 0 Å². The predicted octanol–water partition coefficient (Wildman–Crippen LogP) is 4.63. The van der Waals surface area contributed by atoms with Gasteiger partial charge in [-0.3, -0.25) is 0 Å². The Morgan fingerprint density at radius 1 is 1.22 bits per heavy atom. The molecule has 0 amide bonds. The van der Waals surface area contributed by atoms with Gasteiger partial charge in [0.15, 0.2) is 11.5 Å². The van der Waals surface area contributed by atoms with Crippen molar-refractivity contribution in [2.45, 2.75) is 40.5 Å². The zero-order valence-corrected chi connectivity index (χ0v) is 15.1. The number of carbonyl (C=O) groups is 1. The molecular formula is C18H29NO4. The molecule has 0 fully saturated rings. The Kier molecular flexibility index (Phi) is 11.2. The Balaban J connectivity index is 0.00000232. The van der Waals surface area contributed by atoms with E-state index in [1.165, 1.54) is 7.11 Å². The van der Waals surface area contributed by atoms with Gasteiger partial charge in [0.25, 0.3) is 0 Å². The number of esters is 1. The number of rotatable bonds is 8. The molecule has 1 aromatic rings. The highest BCUT2D eigenvalue weighted by atomic mass is 16.5. The second-order valence-corrected chi connectivity index (χ2v) is 4.39. The molecule has 1 N–H and O–H groups in total. The van der Waals surface area contributed by atoms with E-state index in [1.54, 1.807) is 25.4 Å². The van der Waals surface area contributed by atoms with Crippen molar-refractivity contribution in [3.63, 3.8) is 0 Å². The van der Waals surface area contributed by atoms with Crippen molar-refractivity contribution >= 4 is 11.7 Å². The molecule has 0 aliphatic heterocycles. The molecule has 130 valence electrons. The molecule has 0 aliphatic carbocycles. The number of benzene rings is 1. The fourth-order valence-electron chi connectivity index (χ4n) is 1.73. The first-order chi connectivity index (χ1) is 11.2. The summed E-state index contributed by atoms with van der Waals surface area (Å²) in [5.74, 6) is 0.684. The first-order valence-electron chi connectivity index (χ1n) is 7.98. The zero-order valence-electron chi connectivity index (χ0n) is 15.1. The predicted molar refractivity (Wildman–Crippen MR) is 94.5 cm³/mol. The highest BCUT2D eigenvalue weighted by Crippen LogP contribution is 2.34. The van der Waals surface area contributed by atoms with Crippen LogP contribution in [0, 0.1) is 0 Å². The lowest BCUT2D eigenvalue weighted by molar-refractivity contribution is 0.0601. The third-order valence-corrected chi connectivity index (χ3v) is 2.87. The molecule has 0 aromatic heterocycles. The minimum Gasteiger partial charge on any atom is -0.493 e. The van der Waals surface area contributed by atoms with Crippen molar-refractivity contribution in [1.29, 1.82) is 0 Å². The number of carbonyl (C=O) groups excluding carboxylic acids is 1. The number of methoxy groups -OCH3 is 2. The average molecular weight is 323 g/mol. The van der Waals surface area contributed by atoms with Crippen molar-refractivity contribution < 1.29 is 19.0 Å². The average Bonchev–Trinajstić information content (AvgIpc) is 2.61. The van der Waals surface area contributed by atoms with Crippen LogP contribution < -0.4 is 14.8 Å². The van der Waals surface area contributed by atoms with Gasteiger partial charge < -0.3 is 19.5 Å². The molecule has 0 aliphatic rings. The summed E-state index contributed by atoms with van der Waals surface area (Å²) in [4.78, 5) is 11.9. The van der Waals surface area contributed by atoms with Crippen molar-refractivity contribution in [3.05, 3.63) is 30.0 Å². The zero-order chi connectivity index (χ0) is 17.7. The number of ether oxygens (including phenoxy) is 3. The minimum absolute atomic E-state index is 0.398. The van der Waals surface area contributed by atoms with Crippen LogP contribution in [0.25, 0.3) is 0 Å². The quantitative estimate of drug-likeness (QED) is 0.558. The van der Waals surface area contributed by atoms with Crippen LogP contribution >= 0.6 is 0 Å². The summed E-state index contributed by atoms with van der Waals surface area (Å²) in [5.41, 5.74) is 1.02. The van der Waals surface area contributed by atoms with Crippen LogP contribution in [0.2, 0.25) is 0 Å². The van der Waals surface area contributed by atoms with Gasteiger partial charge in [-0.2, -0.15) is 0 Å². The van der Waals surface area contributed by atoms with Gasteiger partial charge in [0.1, 0.15) is 0 Å². The van der Waals surface area contributed by atoms with Crippen molar-refractivity contribution in [3.8, 4) is 11.5 Å². The van der Waals surface area contributed by atoms with Gasteiger partial charge in [-0.15, -0.1) is 0 Å². The lowest BCUT2D eigenvalue weighted by Crippen LogP contribution is -2.07. The number of hydrogen-bond acceptors (Lipinski definition) is 5. The minimum atomic E-state index is -0.430. The summed E-state index contributed by atoms with van der Waals surface area (Å²) in [5, 5.41) is 3.04. The normalized spacial score (nSPS) is 9.83. The standard InChI is InChI=1S/C16H23NO4.C2H6/c1-5-7-9-21-15-11-13(17-8-6-2)12(16(18)20-4)10-14(15)19-3;1-2/h6,8,10-11,17H,5,7,9H2,1-4H3;1-2H3/b8-6+;. The topological polar surface area (TPSA) is 56.8 Å². The van der Waals surface area contributed by atoms with Crippen molar-refractivity contribution in [1.82, 2.24) is 0 Å². The number of hydrogen-bond donors (Lipinski definition) is 1. The molecule has 1 aromatic carbocycles. The van der Waals surface area contributed by atoms with E-state index in [-0.39, 0.29) is 0 Å². The number of nitrogens with one attached hydrogen (secondary N) is 1. The summed E-state index contributed by atoms with van der Waals surface area (Å²) >= 11 is 0. The second kappa shape index (κ2) is 12.4. The Morgan fingerprint density at radius 2 is 1.91 bits per heavy atom. The molecule has 0 heterocycles. The third-order valence-electron chi connectivity index (χ3n) is 2.87. The molecule has 0 spiro atoms. The number of anilines is 1. The summed E-state index contributed by atoms with van der Waals surface area (Å²) in [7, 11) is 2.89. The van der Waals surface area contributed by atoms with Crippen LogP contribution in [0.3, 0.4) is 0 Å². The van der Waals surface area contributed by atoms with Crippen LogP contribution in [0.15, 0.2) is 24.4 Å². The fraction of sp³-hybridized carbons (Fsp3) is 0.500. The fourth-order valence-corrected chi connectivity index (χ4v) is 1.73. The Labute approximate surface area is 139 Å². The maximum atomic E-state index is 11.9. The lowest BCUT2D eigenvalue weighted by atomic mass is 10.1. The first kappa shape index (κ1) is 20.8. The smallest absolute Gasteiger partial charge is 0.340 e. The summed E-state index contributed by atoms with van der Waals surface area (Å²) in [6.07, 6.45) is 5.58. The monoisotopic (exact) mass is 323 g/mol. The van der Waals surface area contributed by atoms with Crippen LogP contribution in [-0.2, 0) is 4.74 Å². The number of allylic oxidation sites excluding steroid dienone is 1. The Bertz CT molecular complexity index is 498. The molecule has 0 saturated carbocycles. The van der Waals surface area contributed by atoms with Crippen molar-refractivity contribution in [2.75, 3.05) is 26.1 Å². The Morgan fingerprint density at radius 3 is 2.43 bits per heavy atom. The maximum absolute atomic E-state index is 11.9. The van der Waals surface area contributed by atoms with Gasteiger partial charge >= 0.3 is 5.97 Å². The van der Waals surface area contributed by atoms with Gasteiger partial charge in [-0.05, 0) is 19.5 Å². The van der Waals surface area contributed by atoms with E-state index in [1.807, 2.05) is 26.8 Å². The summed E-state index contributed by atoms with van der Waals surface area (Å²) in [6, 6.07) is 3.37. The van der Waals surface area contributed by atoms with Gasteiger partial charge in [0.2, 0.25) is 0 Å². The van der Waals surface area contributed by atoms with Gasteiger partial charge in [-0.25, -0.2) is 4.79 Å². The SMILES string of the molecule is C/C=C/Nc1cc(OCCCC)c(OC)cc1C(=O)OC.CC. The molecule has 5 heteroatoms. The highest BCUT2D eigenvalue weighted by Gasteiger charge is 2.17. The van der Waals surface area contributed by atoms with E-state index < -0.39 is 5.97 Å². The lowest BCUT2D eigenvalue weighted by Gasteiger charge is -2.15. The molecule has 0 saturated heterocycles. The Hall–Kier alpha value is -2.17. The van der Waals surface area contributed by atoms with E-state index in [2.05, 4.69) is 12.2 Å². The van der Waals surface area contributed by atoms with Crippen LogP contribution in [0.4, 0.5) is 5.69 Å². The van der Waals surface area contributed by atoms with Gasteiger partial charge in [0.05, 0.1) is 32.1 Å². The molecule has 0 radical (unpaired) electrons. The van der Waals surface area contributed by atoms with E-state index in [4.69, 9.17) is 14.2 Å². The number of unbranched alkanes of at least 4 members (excludes halogenated alkanes) is 1. The first-order valence-corrected chi connectivity index (χ1v) is 7.98. The van der Waals surface area contributed by atoms with Crippen LogP contribution in [0.5, 0.6) is 11.5 Å². The van der Waals surface area contributed by atoms with E-state index in [9.17, 15) is 4.79 Å². The highest BCUT2D eigenvalue weighted by molar-refractivity contribution is 5.97. The van der Waals surface area contributed by atoms with Gasteiger partial charge in [0, 0.05) is 12.1 Å². The molecule has 1 rings (SSSR count). The van der Waals surface area contributed by atoms with Crippen LogP contribution in [-0.4, -0.2) is 26.8 Å². The van der Waals surface area contributed by atoms with E-state index >= 15 is 0 Å². The summed E-state index contributed by atoms with van der Waals surface area (Å²) < 4.78 is 15.8. The maximum Gasteiger partial charge on any atom is 0.340 e. The molecule has 0 atom stereocenters.